The Balaban J connectivity index is 0.00000288. The van der Waals surface area contributed by atoms with E-state index in [2.05, 4.69) is 22.5 Å². The highest BCUT2D eigenvalue weighted by molar-refractivity contribution is 14.0. The number of aliphatic imine (C=N–C) groups is 1. The second-order valence-corrected chi connectivity index (χ2v) is 6.60. The summed E-state index contributed by atoms with van der Waals surface area (Å²) in [4.78, 5) is 4.45. The van der Waals surface area contributed by atoms with Gasteiger partial charge in [-0.2, -0.15) is 0 Å². The van der Waals surface area contributed by atoms with Gasteiger partial charge in [-0.1, -0.05) is 26.2 Å². The van der Waals surface area contributed by atoms with Crippen LogP contribution in [-0.4, -0.2) is 30.7 Å². The maximum absolute atomic E-state index is 10.0. The molecule has 0 saturated heterocycles. The molecule has 3 atom stereocenters. The summed E-state index contributed by atoms with van der Waals surface area (Å²) in [6, 6.07) is 3.54. The molecule has 3 N–H and O–H groups in total. The summed E-state index contributed by atoms with van der Waals surface area (Å²) in [7, 11) is 0. The quantitative estimate of drug-likeness (QED) is 0.337. The second-order valence-electron chi connectivity index (χ2n) is 6.60. The molecule has 0 aliphatic heterocycles. The van der Waals surface area contributed by atoms with E-state index < -0.39 is 6.10 Å². The van der Waals surface area contributed by atoms with E-state index in [4.69, 9.17) is 4.42 Å². The average molecular weight is 449 g/mol. The Morgan fingerprint density at radius 1 is 1.42 bits per heavy atom. The molecule has 0 amide bonds. The monoisotopic (exact) mass is 449 g/mol. The maximum atomic E-state index is 10.0. The van der Waals surface area contributed by atoms with Gasteiger partial charge in [0, 0.05) is 13.1 Å². The lowest BCUT2D eigenvalue weighted by Gasteiger charge is -2.26. The third-order valence-corrected chi connectivity index (χ3v) is 4.53. The van der Waals surface area contributed by atoms with Gasteiger partial charge < -0.3 is 20.2 Å². The topological polar surface area (TPSA) is 69.8 Å². The summed E-state index contributed by atoms with van der Waals surface area (Å²) in [5.74, 6) is 3.03. The van der Waals surface area contributed by atoms with Crippen molar-refractivity contribution in [3.05, 3.63) is 24.2 Å². The molecule has 0 bridgehead atoms. The highest BCUT2D eigenvalue weighted by Crippen LogP contribution is 2.30. The van der Waals surface area contributed by atoms with Crippen LogP contribution in [0.25, 0.3) is 0 Å². The second kappa shape index (κ2) is 11.7. The van der Waals surface area contributed by atoms with Crippen LogP contribution in [0.5, 0.6) is 0 Å². The molecule has 6 heteroatoms. The number of hydrogen-bond donors (Lipinski definition) is 3. The first kappa shape index (κ1) is 21.3. The van der Waals surface area contributed by atoms with Crippen molar-refractivity contribution in [2.75, 3.05) is 19.6 Å². The van der Waals surface area contributed by atoms with Crippen LogP contribution in [0.1, 0.15) is 57.8 Å². The molecule has 0 radical (unpaired) electrons. The zero-order valence-corrected chi connectivity index (χ0v) is 17.2. The first-order valence-electron chi connectivity index (χ1n) is 8.92. The predicted octanol–water partition coefficient (Wildman–Crippen LogP) is 3.70. The van der Waals surface area contributed by atoms with Gasteiger partial charge in [0.25, 0.3) is 0 Å². The van der Waals surface area contributed by atoms with Gasteiger partial charge in [-0.15, -0.1) is 24.0 Å². The molecule has 1 heterocycles. The molecule has 1 aliphatic carbocycles. The molecule has 1 fully saturated rings. The molecule has 1 aromatic rings. The van der Waals surface area contributed by atoms with Crippen molar-refractivity contribution < 1.29 is 9.52 Å². The zero-order valence-electron chi connectivity index (χ0n) is 14.8. The summed E-state index contributed by atoms with van der Waals surface area (Å²) in [6.07, 6.45) is 7.53. The van der Waals surface area contributed by atoms with Crippen LogP contribution in [0, 0.1) is 11.8 Å². The molecule has 138 valence electrons. The Bertz CT molecular complexity index is 465. The van der Waals surface area contributed by atoms with Crippen molar-refractivity contribution in [1.29, 1.82) is 0 Å². The minimum atomic E-state index is -0.695. The predicted molar refractivity (Wildman–Crippen MR) is 109 cm³/mol. The number of guanidine groups is 1. The van der Waals surface area contributed by atoms with Gasteiger partial charge >= 0.3 is 0 Å². The number of aliphatic hydroxyl groups excluding tert-OH is 1. The molecule has 2 rings (SSSR count). The van der Waals surface area contributed by atoms with Gasteiger partial charge in [-0.25, -0.2) is 0 Å². The van der Waals surface area contributed by atoms with Crippen molar-refractivity contribution in [2.45, 2.75) is 52.1 Å². The van der Waals surface area contributed by atoms with Crippen LogP contribution in [-0.2, 0) is 0 Å². The molecule has 0 spiro atoms. The average Bonchev–Trinajstić information content (AvgIpc) is 3.07. The van der Waals surface area contributed by atoms with E-state index in [0.29, 0.717) is 12.3 Å². The summed E-state index contributed by atoms with van der Waals surface area (Å²) in [6.45, 7) is 6.44. The highest BCUT2D eigenvalue weighted by atomic mass is 127. The van der Waals surface area contributed by atoms with Crippen LogP contribution in [0.15, 0.2) is 27.8 Å². The Morgan fingerprint density at radius 2 is 2.25 bits per heavy atom. The number of furan rings is 1. The van der Waals surface area contributed by atoms with Crippen molar-refractivity contribution >= 4 is 29.9 Å². The van der Waals surface area contributed by atoms with Crippen molar-refractivity contribution in [3.8, 4) is 0 Å². The summed E-state index contributed by atoms with van der Waals surface area (Å²) in [5, 5.41) is 16.6. The Labute approximate surface area is 162 Å². The lowest BCUT2D eigenvalue weighted by Crippen LogP contribution is -2.38. The minimum absolute atomic E-state index is 0. The van der Waals surface area contributed by atoms with Gasteiger partial charge in [0.05, 0.1) is 12.8 Å². The van der Waals surface area contributed by atoms with Crippen molar-refractivity contribution in [2.24, 2.45) is 16.8 Å². The van der Waals surface area contributed by atoms with Crippen LogP contribution in [0.3, 0.4) is 0 Å². The van der Waals surface area contributed by atoms with E-state index in [0.717, 1.165) is 30.9 Å². The number of halogens is 1. The number of aliphatic hydroxyl groups is 1. The molecule has 1 saturated carbocycles. The highest BCUT2D eigenvalue weighted by Gasteiger charge is 2.18. The van der Waals surface area contributed by atoms with E-state index in [9.17, 15) is 5.11 Å². The van der Waals surface area contributed by atoms with Crippen molar-refractivity contribution in [3.63, 3.8) is 0 Å². The molecule has 5 nitrogen and oxygen atoms in total. The third-order valence-electron chi connectivity index (χ3n) is 4.53. The number of nitrogens with zero attached hydrogens (tertiary/aromatic N) is 1. The fraction of sp³-hybridized carbons (Fsp3) is 0.722. The fourth-order valence-corrected chi connectivity index (χ4v) is 3.31. The van der Waals surface area contributed by atoms with Gasteiger partial charge in [0.2, 0.25) is 0 Å². The van der Waals surface area contributed by atoms with E-state index >= 15 is 0 Å². The summed E-state index contributed by atoms with van der Waals surface area (Å²) in [5.41, 5.74) is 0. The molecular weight excluding hydrogens is 417 g/mol. The molecule has 0 aromatic carbocycles. The lowest BCUT2D eigenvalue weighted by molar-refractivity contribution is 0.158. The number of rotatable bonds is 7. The lowest BCUT2D eigenvalue weighted by atomic mass is 9.81. The van der Waals surface area contributed by atoms with E-state index in [-0.39, 0.29) is 24.0 Å². The van der Waals surface area contributed by atoms with Crippen molar-refractivity contribution in [1.82, 2.24) is 10.6 Å². The standard InChI is InChI=1S/C18H31N3O2.HI/c1-3-19-18(21-13-16(22)17-8-5-11-23-17)20-10-9-15-7-4-6-14(2)12-15;/h5,8,11,14-16,22H,3-4,6-7,9-10,12-13H2,1-2H3,(H2,19,20,21);1H. The van der Waals surface area contributed by atoms with Gasteiger partial charge in [0.15, 0.2) is 5.96 Å². The first-order valence-corrected chi connectivity index (χ1v) is 8.92. The van der Waals surface area contributed by atoms with Gasteiger partial charge in [-0.05, 0) is 43.7 Å². The zero-order chi connectivity index (χ0) is 16.5. The number of nitrogens with one attached hydrogen (secondary N) is 2. The van der Waals surface area contributed by atoms with E-state index in [1.54, 1.807) is 18.4 Å². The SMILES string of the molecule is CCNC(=NCC(O)c1ccco1)NCCC1CCCC(C)C1.I. The minimum Gasteiger partial charge on any atom is -0.467 e. The Kier molecular flexibility index (Phi) is 10.4. The maximum Gasteiger partial charge on any atom is 0.191 e. The smallest absolute Gasteiger partial charge is 0.191 e. The van der Waals surface area contributed by atoms with Gasteiger partial charge in [-0.3, -0.25) is 4.99 Å². The van der Waals surface area contributed by atoms with Crippen LogP contribution in [0.4, 0.5) is 0 Å². The van der Waals surface area contributed by atoms with Gasteiger partial charge in [0.1, 0.15) is 11.9 Å². The van der Waals surface area contributed by atoms with Crippen LogP contribution in [0.2, 0.25) is 0 Å². The van der Waals surface area contributed by atoms with E-state index in [1.165, 1.54) is 32.1 Å². The first-order chi connectivity index (χ1) is 11.2. The largest absolute Gasteiger partial charge is 0.467 e. The van der Waals surface area contributed by atoms with E-state index in [1.807, 2.05) is 6.92 Å². The Morgan fingerprint density at radius 3 is 2.92 bits per heavy atom. The normalized spacial score (nSPS) is 22.5. The number of hydrogen-bond acceptors (Lipinski definition) is 3. The Hall–Kier alpha value is -0.760. The van der Waals surface area contributed by atoms with Crippen LogP contribution >= 0.6 is 24.0 Å². The molecule has 1 aromatic heterocycles. The molecule has 3 unspecified atom stereocenters. The van der Waals surface area contributed by atoms with Crippen LogP contribution < -0.4 is 10.6 Å². The summed E-state index contributed by atoms with van der Waals surface area (Å²) >= 11 is 0. The third kappa shape index (κ3) is 7.42. The fourth-order valence-electron chi connectivity index (χ4n) is 3.31. The molecule has 1 aliphatic rings. The molecular formula is C18H32IN3O2. The summed E-state index contributed by atoms with van der Waals surface area (Å²) < 4.78 is 5.20. The molecule has 24 heavy (non-hydrogen) atoms.